The number of fused-ring (bicyclic) bond motifs is 1. The van der Waals surface area contributed by atoms with Gasteiger partial charge in [-0.3, -0.25) is 4.79 Å². The van der Waals surface area contributed by atoms with Crippen LogP contribution in [0, 0.1) is 5.82 Å². The molecule has 5 heteroatoms. The van der Waals surface area contributed by atoms with Crippen molar-refractivity contribution in [2.75, 3.05) is 0 Å². The molecule has 0 aliphatic heterocycles. The average Bonchev–Trinajstić information content (AvgIpc) is 2.44. The van der Waals surface area contributed by atoms with Crippen molar-refractivity contribution in [2.24, 2.45) is 0 Å². The van der Waals surface area contributed by atoms with Gasteiger partial charge in [0.1, 0.15) is 16.4 Å². The highest BCUT2D eigenvalue weighted by Crippen LogP contribution is 2.29. The van der Waals surface area contributed by atoms with Gasteiger partial charge in [0.25, 0.3) is 0 Å². The SMILES string of the molecule is O=c1c(Cl)c(-c2ccc(F)cc2)oc2ccc(Cl)cc12. The minimum atomic E-state index is -0.375. The fourth-order valence-electron chi connectivity index (χ4n) is 1.93. The molecule has 3 rings (SSSR count). The van der Waals surface area contributed by atoms with Gasteiger partial charge in [-0.25, -0.2) is 4.39 Å². The van der Waals surface area contributed by atoms with E-state index in [1.54, 1.807) is 12.1 Å². The van der Waals surface area contributed by atoms with Crippen molar-refractivity contribution in [2.45, 2.75) is 0 Å². The third kappa shape index (κ3) is 2.19. The Morgan fingerprint density at radius 1 is 1.00 bits per heavy atom. The number of hydrogen-bond acceptors (Lipinski definition) is 2. The predicted octanol–water partition coefficient (Wildman–Crippen LogP) is 4.91. The van der Waals surface area contributed by atoms with E-state index in [2.05, 4.69) is 0 Å². The van der Waals surface area contributed by atoms with Gasteiger partial charge in [0, 0.05) is 10.6 Å². The second-order valence-electron chi connectivity index (χ2n) is 4.22. The zero-order valence-corrected chi connectivity index (χ0v) is 11.5. The maximum Gasteiger partial charge on any atom is 0.211 e. The molecule has 100 valence electrons. The van der Waals surface area contributed by atoms with E-state index in [1.165, 1.54) is 30.3 Å². The number of rotatable bonds is 1. The largest absolute Gasteiger partial charge is 0.454 e. The fourth-order valence-corrected chi connectivity index (χ4v) is 2.35. The molecule has 0 saturated heterocycles. The summed E-state index contributed by atoms with van der Waals surface area (Å²) in [7, 11) is 0. The molecule has 0 amide bonds. The van der Waals surface area contributed by atoms with Crippen molar-refractivity contribution in [3.05, 3.63) is 68.6 Å². The highest BCUT2D eigenvalue weighted by molar-refractivity contribution is 6.34. The number of halogens is 3. The molecule has 0 atom stereocenters. The lowest BCUT2D eigenvalue weighted by atomic mass is 10.1. The van der Waals surface area contributed by atoms with Crippen LogP contribution in [0.15, 0.2) is 51.7 Å². The molecular weight excluding hydrogens is 302 g/mol. The Labute approximate surface area is 123 Å². The Morgan fingerprint density at radius 3 is 2.40 bits per heavy atom. The summed E-state index contributed by atoms with van der Waals surface area (Å²) >= 11 is 11.9. The van der Waals surface area contributed by atoms with Gasteiger partial charge in [0.15, 0.2) is 5.76 Å². The molecule has 1 aromatic heterocycles. The molecule has 0 aliphatic carbocycles. The molecule has 0 unspecified atom stereocenters. The standard InChI is InChI=1S/C15H7Cl2FO2/c16-9-3-6-12-11(7-9)14(19)13(17)15(20-12)8-1-4-10(18)5-2-8/h1-7H. The van der Waals surface area contributed by atoms with Gasteiger partial charge < -0.3 is 4.42 Å². The first-order valence-corrected chi connectivity index (χ1v) is 6.49. The third-order valence-corrected chi connectivity index (χ3v) is 3.48. The van der Waals surface area contributed by atoms with Gasteiger partial charge >= 0.3 is 0 Å². The van der Waals surface area contributed by atoms with E-state index in [9.17, 15) is 9.18 Å². The first-order valence-electron chi connectivity index (χ1n) is 5.74. The minimum absolute atomic E-state index is 0.0497. The van der Waals surface area contributed by atoms with Crippen molar-refractivity contribution < 1.29 is 8.81 Å². The summed E-state index contributed by atoms with van der Waals surface area (Å²) in [5, 5.41) is 0.690. The van der Waals surface area contributed by atoms with Crippen LogP contribution in [0.4, 0.5) is 4.39 Å². The summed E-state index contributed by atoms with van der Waals surface area (Å²) < 4.78 is 18.6. The fraction of sp³-hybridized carbons (Fsp3) is 0. The highest BCUT2D eigenvalue weighted by atomic mass is 35.5. The van der Waals surface area contributed by atoms with Crippen molar-refractivity contribution in [3.8, 4) is 11.3 Å². The van der Waals surface area contributed by atoms with Crippen molar-refractivity contribution in [1.29, 1.82) is 0 Å². The summed E-state index contributed by atoms with van der Waals surface area (Å²) in [6, 6.07) is 10.3. The minimum Gasteiger partial charge on any atom is -0.454 e. The lowest BCUT2D eigenvalue weighted by molar-refractivity contribution is 0.616. The van der Waals surface area contributed by atoms with Crippen LogP contribution < -0.4 is 5.43 Å². The second-order valence-corrected chi connectivity index (χ2v) is 5.04. The van der Waals surface area contributed by atoms with Crippen LogP contribution in [0.5, 0.6) is 0 Å². The van der Waals surface area contributed by atoms with E-state index in [0.717, 1.165) is 0 Å². The Morgan fingerprint density at radius 2 is 1.70 bits per heavy atom. The topological polar surface area (TPSA) is 30.2 Å². The zero-order valence-electron chi connectivity index (χ0n) is 9.99. The van der Waals surface area contributed by atoms with Crippen molar-refractivity contribution >= 4 is 34.2 Å². The Kier molecular flexibility index (Phi) is 3.24. The van der Waals surface area contributed by atoms with Gasteiger partial charge in [-0.2, -0.15) is 0 Å². The third-order valence-electron chi connectivity index (χ3n) is 2.90. The van der Waals surface area contributed by atoms with Gasteiger partial charge in [-0.1, -0.05) is 23.2 Å². The first kappa shape index (κ1) is 13.2. The molecular formula is C15H7Cl2FO2. The average molecular weight is 309 g/mol. The molecule has 2 aromatic carbocycles. The van der Waals surface area contributed by atoms with Crippen LogP contribution in [-0.4, -0.2) is 0 Å². The summed E-state index contributed by atoms with van der Waals surface area (Å²) in [5.74, 6) is -0.161. The van der Waals surface area contributed by atoms with Crippen LogP contribution in [-0.2, 0) is 0 Å². The van der Waals surface area contributed by atoms with Gasteiger partial charge in [0.2, 0.25) is 5.43 Å². The molecule has 3 aromatic rings. The first-order chi connectivity index (χ1) is 9.56. The predicted molar refractivity (Wildman–Crippen MR) is 77.9 cm³/mol. The molecule has 0 bridgehead atoms. The van der Waals surface area contributed by atoms with Gasteiger partial charge in [-0.05, 0) is 42.5 Å². The molecule has 0 radical (unpaired) electrons. The number of benzene rings is 2. The maximum absolute atomic E-state index is 12.9. The van der Waals surface area contributed by atoms with Crippen molar-refractivity contribution in [1.82, 2.24) is 0 Å². The maximum atomic E-state index is 12.9. The van der Waals surface area contributed by atoms with Crippen molar-refractivity contribution in [3.63, 3.8) is 0 Å². The lowest BCUT2D eigenvalue weighted by Gasteiger charge is -2.06. The number of hydrogen-bond donors (Lipinski definition) is 0. The van der Waals surface area contributed by atoms with E-state index in [4.69, 9.17) is 27.6 Å². The van der Waals surface area contributed by atoms with E-state index in [1.807, 2.05) is 0 Å². The van der Waals surface area contributed by atoms with E-state index < -0.39 is 0 Å². The molecule has 20 heavy (non-hydrogen) atoms. The highest BCUT2D eigenvalue weighted by Gasteiger charge is 2.14. The molecule has 1 heterocycles. The molecule has 0 spiro atoms. The van der Waals surface area contributed by atoms with Gasteiger partial charge in [0.05, 0.1) is 5.39 Å². The molecule has 0 N–H and O–H groups in total. The van der Waals surface area contributed by atoms with Crippen LogP contribution >= 0.6 is 23.2 Å². The Balaban J connectivity index is 2.32. The smallest absolute Gasteiger partial charge is 0.211 e. The Hall–Kier alpha value is -1.84. The summed E-state index contributed by atoms with van der Waals surface area (Å²) in [5.41, 5.74) is 0.545. The molecule has 0 saturated carbocycles. The lowest BCUT2D eigenvalue weighted by Crippen LogP contribution is -2.03. The van der Waals surface area contributed by atoms with Gasteiger partial charge in [-0.15, -0.1) is 0 Å². The molecule has 0 aliphatic rings. The summed E-state index contributed by atoms with van der Waals surface area (Å²) in [6.07, 6.45) is 0. The van der Waals surface area contributed by atoms with E-state index >= 15 is 0 Å². The van der Waals surface area contributed by atoms with Crippen LogP contribution in [0.2, 0.25) is 10.0 Å². The molecule has 2 nitrogen and oxygen atoms in total. The monoisotopic (exact) mass is 308 g/mol. The zero-order chi connectivity index (χ0) is 14.3. The normalized spacial score (nSPS) is 10.9. The Bertz CT molecular complexity index is 854. The van der Waals surface area contributed by atoms with Crippen LogP contribution in [0.1, 0.15) is 0 Å². The summed E-state index contributed by atoms with van der Waals surface area (Å²) in [4.78, 5) is 12.2. The molecule has 0 fully saturated rings. The quantitative estimate of drug-likeness (QED) is 0.639. The van der Waals surface area contributed by atoms with E-state index in [0.29, 0.717) is 21.6 Å². The van der Waals surface area contributed by atoms with Crippen LogP contribution in [0.3, 0.4) is 0 Å². The van der Waals surface area contributed by atoms with Crippen LogP contribution in [0.25, 0.3) is 22.3 Å². The second kappa shape index (κ2) is 4.93. The van der Waals surface area contributed by atoms with E-state index in [-0.39, 0.29) is 22.0 Å². The summed E-state index contributed by atoms with van der Waals surface area (Å²) in [6.45, 7) is 0.